The molecule has 0 radical (unpaired) electrons. The molecule has 0 aliphatic rings. The molecule has 0 rings (SSSR count). The van der Waals surface area contributed by atoms with Crippen molar-refractivity contribution in [1.82, 2.24) is 5.32 Å². The van der Waals surface area contributed by atoms with Crippen molar-refractivity contribution in [2.45, 2.75) is 60.1 Å². The summed E-state index contributed by atoms with van der Waals surface area (Å²) in [7, 11) is 0. The van der Waals surface area contributed by atoms with Crippen LogP contribution >= 0.6 is 11.8 Å². The van der Waals surface area contributed by atoms with Gasteiger partial charge in [-0.15, -0.1) is 11.8 Å². The molecule has 0 bridgehead atoms. The van der Waals surface area contributed by atoms with Crippen LogP contribution in [0.1, 0.15) is 48.5 Å². The van der Waals surface area contributed by atoms with Crippen LogP contribution < -0.4 is 5.32 Å². The zero-order valence-electron chi connectivity index (χ0n) is 12.9. The Bertz CT molecular complexity index is 254. The van der Waals surface area contributed by atoms with Crippen molar-refractivity contribution in [1.29, 1.82) is 0 Å². The van der Waals surface area contributed by atoms with E-state index in [-0.39, 0.29) is 17.0 Å². The second-order valence-electron chi connectivity index (χ2n) is 6.58. The number of thioether (sulfide) groups is 1. The van der Waals surface area contributed by atoms with Gasteiger partial charge < -0.3 is 10.1 Å². The predicted octanol–water partition coefficient (Wildman–Crippen LogP) is 3.09. The van der Waals surface area contributed by atoms with Crippen molar-refractivity contribution < 1.29 is 9.53 Å². The van der Waals surface area contributed by atoms with Crippen LogP contribution in [0.2, 0.25) is 0 Å². The van der Waals surface area contributed by atoms with Gasteiger partial charge in [0.1, 0.15) is 5.60 Å². The minimum atomic E-state index is -0.386. The minimum absolute atomic E-state index is 0.128. The summed E-state index contributed by atoms with van der Waals surface area (Å²) >= 11 is 1.64. The molecule has 4 heteroatoms. The standard InChI is InChI=1S/C14H29NO2S/c1-8-15-11(13(2,3)4)9-18-10-12(16)17-14(5,6)7/h11,15H,8-10H2,1-7H3. The van der Waals surface area contributed by atoms with E-state index in [1.165, 1.54) is 0 Å². The Morgan fingerprint density at radius 3 is 2.17 bits per heavy atom. The molecule has 108 valence electrons. The van der Waals surface area contributed by atoms with E-state index < -0.39 is 0 Å². The van der Waals surface area contributed by atoms with E-state index in [1.807, 2.05) is 20.8 Å². The third-order valence-corrected chi connectivity index (χ3v) is 3.43. The van der Waals surface area contributed by atoms with E-state index in [9.17, 15) is 4.79 Å². The Hall–Kier alpha value is -0.220. The lowest BCUT2D eigenvalue weighted by Crippen LogP contribution is -2.42. The molecule has 18 heavy (non-hydrogen) atoms. The Labute approximate surface area is 116 Å². The highest BCUT2D eigenvalue weighted by Gasteiger charge is 2.24. The van der Waals surface area contributed by atoms with Crippen molar-refractivity contribution >= 4 is 17.7 Å². The molecule has 0 heterocycles. The maximum absolute atomic E-state index is 11.6. The van der Waals surface area contributed by atoms with Crippen LogP contribution in [0, 0.1) is 5.41 Å². The third-order valence-electron chi connectivity index (χ3n) is 2.42. The summed E-state index contributed by atoms with van der Waals surface area (Å²) < 4.78 is 5.28. The quantitative estimate of drug-likeness (QED) is 0.756. The number of hydrogen-bond acceptors (Lipinski definition) is 4. The molecule has 0 aromatic carbocycles. The summed E-state index contributed by atoms with van der Waals surface area (Å²) in [6.45, 7) is 15.4. The van der Waals surface area contributed by atoms with Crippen molar-refractivity contribution in [2.75, 3.05) is 18.1 Å². The lowest BCUT2D eigenvalue weighted by atomic mass is 9.88. The molecule has 0 amide bonds. The van der Waals surface area contributed by atoms with Gasteiger partial charge in [-0.25, -0.2) is 0 Å². The maximum atomic E-state index is 11.6. The highest BCUT2D eigenvalue weighted by molar-refractivity contribution is 7.99. The highest BCUT2D eigenvalue weighted by Crippen LogP contribution is 2.22. The highest BCUT2D eigenvalue weighted by atomic mass is 32.2. The fourth-order valence-electron chi connectivity index (χ4n) is 1.49. The van der Waals surface area contributed by atoms with Gasteiger partial charge in [0.15, 0.2) is 0 Å². The minimum Gasteiger partial charge on any atom is -0.459 e. The zero-order chi connectivity index (χ0) is 14.4. The van der Waals surface area contributed by atoms with Crippen LogP contribution in [-0.4, -0.2) is 35.7 Å². The summed E-state index contributed by atoms with van der Waals surface area (Å²) in [5.41, 5.74) is -0.181. The number of rotatable bonds is 6. The molecular weight excluding hydrogens is 246 g/mol. The summed E-state index contributed by atoms with van der Waals surface area (Å²) in [4.78, 5) is 11.6. The second-order valence-corrected chi connectivity index (χ2v) is 7.61. The molecular formula is C14H29NO2S. The van der Waals surface area contributed by atoms with E-state index in [1.54, 1.807) is 11.8 Å². The van der Waals surface area contributed by atoms with Crippen LogP contribution in [0.15, 0.2) is 0 Å². The van der Waals surface area contributed by atoms with Crippen LogP contribution in [0.4, 0.5) is 0 Å². The fraction of sp³-hybridized carbons (Fsp3) is 0.929. The molecule has 0 fully saturated rings. The SMILES string of the molecule is CCNC(CSCC(=O)OC(C)(C)C)C(C)(C)C. The zero-order valence-corrected chi connectivity index (χ0v) is 13.7. The van der Waals surface area contributed by atoms with E-state index in [0.717, 1.165) is 12.3 Å². The first kappa shape index (κ1) is 17.8. The van der Waals surface area contributed by atoms with Gasteiger partial charge in [-0.05, 0) is 32.7 Å². The van der Waals surface area contributed by atoms with Gasteiger partial charge in [-0.3, -0.25) is 4.79 Å². The van der Waals surface area contributed by atoms with Crippen molar-refractivity contribution in [2.24, 2.45) is 5.41 Å². The topological polar surface area (TPSA) is 38.3 Å². The Kier molecular flexibility index (Phi) is 7.30. The smallest absolute Gasteiger partial charge is 0.316 e. The fourth-order valence-corrected chi connectivity index (χ4v) is 2.69. The molecule has 0 aliphatic carbocycles. The maximum Gasteiger partial charge on any atom is 0.316 e. The Morgan fingerprint density at radius 1 is 1.22 bits per heavy atom. The normalized spacial score (nSPS) is 14.4. The van der Waals surface area contributed by atoms with E-state index in [0.29, 0.717) is 11.8 Å². The van der Waals surface area contributed by atoms with E-state index >= 15 is 0 Å². The number of esters is 1. The summed E-state index contributed by atoms with van der Waals surface area (Å²) in [5.74, 6) is 1.22. The first-order valence-electron chi connectivity index (χ1n) is 6.59. The Balaban J connectivity index is 4.04. The molecule has 1 atom stereocenters. The monoisotopic (exact) mass is 275 g/mol. The first-order chi connectivity index (χ1) is 8.06. The van der Waals surface area contributed by atoms with Crippen LogP contribution in [0.25, 0.3) is 0 Å². The number of hydrogen-bond donors (Lipinski definition) is 1. The molecule has 1 N–H and O–H groups in total. The lowest BCUT2D eigenvalue weighted by Gasteiger charge is -2.31. The van der Waals surface area contributed by atoms with Gasteiger partial charge in [-0.2, -0.15) is 0 Å². The van der Waals surface area contributed by atoms with Crippen molar-refractivity contribution in [3.8, 4) is 0 Å². The number of ether oxygens (including phenoxy) is 1. The van der Waals surface area contributed by atoms with Crippen LogP contribution in [0.5, 0.6) is 0 Å². The number of carbonyl (C=O) groups excluding carboxylic acids is 1. The van der Waals surface area contributed by atoms with Crippen molar-refractivity contribution in [3.63, 3.8) is 0 Å². The summed E-state index contributed by atoms with van der Waals surface area (Å²) in [6.07, 6.45) is 0. The van der Waals surface area contributed by atoms with Gasteiger partial charge in [-0.1, -0.05) is 27.7 Å². The average molecular weight is 275 g/mol. The van der Waals surface area contributed by atoms with E-state index in [2.05, 4.69) is 33.0 Å². The molecule has 0 saturated carbocycles. The van der Waals surface area contributed by atoms with E-state index in [4.69, 9.17) is 4.74 Å². The van der Waals surface area contributed by atoms with Gasteiger partial charge in [0.05, 0.1) is 5.75 Å². The molecule has 0 aromatic rings. The number of carbonyl (C=O) groups is 1. The first-order valence-corrected chi connectivity index (χ1v) is 7.74. The molecule has 0 spiro atoms. The largest absolute Gasteiger partial charge is 0.459 e. The van der Waals surface area contributed by atoms with Crippen LogP contribution in [-0.2, 0) is 9.53 Å². The van der Waals surface area contributed by atoms with Gasteiger partial charge in [0, 0.05) is 11.8 Å². The van der Waals surface area contributed by atoms with Crippen molar-refractivity contribution in [3.05, 3.63) is 0 Å². The van der Waals surface area contributed by atoms with Gasteiger partial charge >= 0.3 is 5.97 Å². The number of nitrogens with one attached hydrogen (secondary N) is 1. The third kappa shape index (κ3) is 8.81. The molecule has 0 saturated heterocycles. The molecule has 1 unspecified atom stereocenters. The molecule has 0 aliphatic heterocycles. The lowest BCUT2D eigenvalue weighted by molar-refractivity contribution is -0.151. The second kappa shape index (κ2) is 7.39. The Morgan fingerprint density at radius 2 is 1.78 bits per heavy atom. The summed E-state index contributed by atoms with van der Waals surface area (Å²) in [6, 6.07) is 0.412. The molecule has 0 aromatic heterocycles. The van der Waals surface area contributed by atoms with Gasteiger partial charge in [0.25, 0.3) is 0 Å². The molecule has 3 nitrogen and oxygen atoms in total. The predicted molar refractivity (Wildman–Crippen MR) is 80.1 cm³/mol. The van der Waals surface area contributed by atoms with Crippen LogP contribution in [0.3, 0.4) is 0 Å². The average Bonchev–Trinajstić information content (AvgIpc) is 2.11. The van der Waals surface area contributed by atoms with Gasteiger partial charge in [0.2, 0.25) is 0 Å². The summed E-state index contributed by atoms with van der Waals surface area (Å²) in [5, 5.41) is 3.47.